The van der Waals surface area contributed by atoms with Gasteiger partial charge in [-0.05, 0) is 24.8 Å². The molecule has 1 heterocycles. The van der Waals surface area contributed by atoms with Crippen molar-refractivity contribution in [2.75, 3.05) is 6.54 Å². The molecule has 0 spiro atoms. The quantitative estimate of drug-likeness (QED) is 0.861. The molecule has 2 amide bonds. The highest BCUT2D eigenvalue weighted by Gasteiger charge is 2.08. The van der Waals surface area contributed by atoms with Gasteiger partial charge in [0.2, 0.25) is 0 Å². The molecule has 0 unspecified atom stereocenters. The second kappa shape index (κ2) is 7.64. The number of urea groups is 1. The van der Waals surface area contributed by atoms with Crippen LogP contribution in [-0.2, 0) is 13.0 Å². The van der Waals surface area contributed by atoms with E-state index < -0.39 is 0 Å². The first-order valence-corrected chi connectivity index (χ1v) is 7.57. The molecule has 2 rings (SSSR count). The number of nitrogens with one attached hydrogen (secondary N) is 2. The standard InChI is InChI=1S/C17H23N3O2/c1-12(2)16-10-15(22-20-16)11-19-17(21)18-8-7-14-6-4-5-13(3)9-14/h4-6,9-10,12H,7-8,11H2,1-3H3,(H2,18,19,21). The molecule has 5 heteroatoms. The van der Waals surface area contributed by atoms with E-state index in [1.54, 1.807) is 0 Å². The van der Waals surface area contributed by atoms with Gasteiger partial charge in [0.1, 0.15) is 0 Å². The summed E-state index contributed by atoms with van der Waals surface area (Å²) in [5, 5.41) is 9.56. The molecule has 1 aromatic carbocycles. The van der Waals surface area contributed by atoms with E-state index in [2.05, 4.69) is 40.9 Å². The summed E-state index contributed by atoms with van der Waals surface area (Å²) in [5.41, 5.74) is 3.35. The normalized spacial score (nSPS) is 10.7. The number of carbonyl (C=O) groups is 1. The van der Waals surface area contributed by atoms with Crippen LogP contribution in [0.5, 0.6) is 0 Å². The molecule has 0 radical (unpaired) electrons. The number of benzene rings is 1. The predicted octanol–water partition coefficient (Wildman–Crippen LogP) is 3.15. The molecule has 2 aromatic rings. The second-order valence-corrected chi connectivity index (χ2v) is 5.72. The van der Waals surface area contributed by atoms with Gasteiger partial charge in [-0.15, -0.1) is 0 Å². The third-order valence-electron chi connectivity index (χ3n) is 3.37. The van der Waals surface area contributed by atoms with Crippen molar-refractivity contribution in [1.82, 2.24) is 15.8 Å². The lowest BCUT2D eigenvalue weighted by Gasteiger charge is -2.06. The zero-order valence-corrected chi connectivity index (χ0v) is 13.3. The highest BCUT2D eigenvalue weighted by atomic mass is 16.5. The maximum atomic E-state index is 11.7. The zero-order chi connectivity index (χ0) is 15.9. The first-order valence-electron chi connectivity index (χ1n) is 7.57. The minimum atomic E-state index is -0.199. The van der Waals surface area contributed by atoms with Crippen molar-refractivity contribution < 1.29 is 9.32 Å². The lowest BCUT2D eigenvalue weighted by Crippen LogP contribution is -2.36. The van der Waals surface area contributed by atoms with E-state index in [9.17, 15) is 4.79 Å². The summed E-state index contributed by atoms with van der Waals surface area (Å²) < 4.78 is 5.17. The molecule has 0 saturated carbocycles. The summed E-state index contributed by atoms with van der Waals surface area (Å²) in [6.07, 6.45) is 0.814. The third kappa shape index (κ3) is 4.91. The Labute approximate surface area is 131 Å². The summed E-state index contributed by atoms with van der Waals surface area (Å²) in [4.78, 5) is 11.7. The summed E-state index contributed by atoms with van der Waals surface area (Å²) in [5.74, 6) is 0.984. The van der Waals surface area contributed by atoms with Gasteiger partial charge in [0.25, 0.3) is 0 Å². The number of nitrogens with zero attached hydrogens (tertiary/aromatic N) is 1. The SMILES string of the molecule is Cc1cccc(CCNC(=O)NCc2cc(C(C)C)no2)c1. The Bertz CT molecular complexity index is 620. The fraction of sp³-hybridized carbons (Fsp3) is 0.412. The van der Waals surface area contributed by atoms with Gasteiger partial charge in [-0.3, -0.25) is 0 Å². The average molecular weight is 301 g/mol. The Balaban J connectivity index is 1.69. The fourth-order valence-electron chi connectivity index (χ4n) is 2.10. The van der Waals surface area contributed by atoms with Crippen molar-refractivity contribution in [3.05, 3.63) is 52.9 Å². The van der Waals surface area contributed by atoms with Gasteiger partial charge >= 0.3 is 6.03 Å². The fourth-order valence-corrected chi connectivity index (χ4v) is 2.10. The average Bonchev–Trinajstić information content (AvgIpc) is 2.94. The Morgan fingerprint density at radius 2 is 2.09 bits per heavy atom. The zero-order valence-electron chi connectivity index (χ0n) is 13.3. The van der Waals surface area contributed by atoms with Crippen LogP contribution in [0.1, 0.15) is 42.3 Å². The van der Waals surface area contributed by atoms with E-state index in [-0.39, 0.29) is 6.03 Å². The molecule has 0 aliphatic rings. The van der Waals surface area contributed by atoms with Crippen molar-refractivity contribution in [2.24, 2.45) is 0 Å². The number of carbonyl (C=O) groups excluding carboxylic acids is 1. The van der Waals surface area contributed by atoms with Crippen LogP contribution in [0, 0.1) is 6.92 Å². The molecular weight excluding hydrogens is 278 g/mol. The first-order chi connectivity index (χ1) is 10.5. The van der Waals surface area contributed by atoms with E-state index in [4.69, 9.17) is 4.52 Å². The minimum absolute atomic E-state index is 0.199. The Morgan fingerprint density at radius 3 is 2.77 bits per heavy atom. The van der Waals surface area contributed by atoms with E-state index in [0.29, 0.717) is 24.8 Å². The van der Waals surface area contributed by atoms with E-state index in [1.165, 1.54) is 11.1 Å². The molecule has 118 valence electrons. The topological polar surface area (TPSA) is 67.2 Å². The lowest BCUT2D eigenvalue weighted by molar-refractivity contribution is 0.239. The van der Waals surface area contributed by atoms with Gasteiger partial charge in [-0.2, -0.15) is 0 Å². The van der Waals surface area contributed by atoms with Gasteiger partial charge in [0.15, 0.2) is 5.76 Å². The first kappa shape index (κ1) is 16.1. The third-order valence-corrected chi connectivity index (χ3v) is 3.37. The van der Waals surface area contributed by atoms with Gasteiger partial charge in [-0.1, -0.05) is 48.8 Å². The molecule has 0 fully saturated rings. The van der Waals surface area contributed by atoms with E-state index >= 15 is 0 Å². The minimum Gasteiger partial charge on any atom is -0.359 e. The van der Waals surface area contributed by atoms with Crippen molar-refractivity contribution >= 4 is 6.03 Å². The van der Waals surface area contributed by atoms with Crippen molar-refractivity contribution in [3.63, 3.8) is 0 Å². The van der Waals surface area contributed by atoms with Gasteiger partial charge < -0.3 is 15.2 Å². The molecule has 5 nitrogen and oxygen atoms in total. The van der Waals surface area contributed by atoms with Gasteiger partial charge in [-0.25, -0.2) is 4.79 Å². The van der Waals surface area contributed by atoms with Gasteiger partial charge in [0, 0.05) is 12.6 Å². The molecule has 2 N–H and O–H groups in total. The van der Waals surface area contributed by atoms with Crippen LogP contribution in [-0.4, -0.2) is 17.7 Å². The molecule has 0 atom stereocenters. The van der Waals surface area contributed by atoms with E-state index in [0.717, 1.165) is 12.1 Å². The maximum Gasteiger partial charge on any atom is 0.315 e. The highest BCUT2D eigenvalue weighted by molar-refractivity contribution is 5.73. The highest BCUT2D eigenvalue weighted by Crippen LogP contribution is 2.13. The lowest BCUT2D eigenvalue weighted by atomic mass is 10.1. The van der Waals surface area contributed by atoms with Crippen molar-refractivity contribution in [3.8, 4) is 0 Å². The number of aryl methyl sites for hydroxylation is 1. The number of hydrogen-bond donors (Lipinski definition) is 2. The smallest absolute Gasteiger partial charge is 0.315 e. The maximum absolute atomic E-state index is 11.7. The van der Waals surface area contributed by atoms with Gasteiger partial charge in [0.05, 0.1) is 12.2 Å². The molecule has 0 aliphatic carbocycles. The summed E-state index contributed by atoms with van der Waals surface area (Å²) in [7, 11) is 0. The molecule has 22 heavy (non-hydrogen) atoms. The van der Waals surface area contributed by atoms with Crippen LogP contribution in [0.4, 0.5) is 4.79 Å². The summed E-state index contributed by atoms with van der Waals surface area (Å²) in [6, 6.07) is 9.96. The Morgan fingerprint density at radius 1 is 1.27 bits per heavy atom. The van der Waals surface area contributed by atoms with E-state index in [1.807, 2.05) is 26.0 Å². The molecule has 0 aliphatic heterocycles. The number of aromatic nitrogens is 1. The van der Waals surface area contributed by atoms with Crippen LogP contribution in [0.15, 0.2) is 34.9 Å². The number of hydrogen-bond acceptors (Lipinski definition) is 3. The van der Waals surface area contributed by atoms with Crippen LogP contribution < -0.4 is 10.6 Å². The number of amides is 2. The number of rotatable bonds is 6. The predicted molar refractivity (Wildman–Crippen MR) is 85.7 cm³/mol. The van der Waals surface area contributed by atoms with Crippen LogP contribution >= 0.6 is 0 Å². The van der Waals surface area contributed by atoms with Crippen LogP contribution in [0.25, 0.3) is 0 Å². The largest absolute Gasteiger partial charge is 0.359 e. The molecular formula is C17H23N3O2. The van der Waals surface area contributed by atoms with Crippen molar-refractivity contribution in [1.29, 1.82) is 0 Å². The summed E-state index contributed by atoms with van der Waals surface area (Å²) in [6.45, 7) is 7.10. The van der Waals surface area contributed by atoms with Crippen LogP contribution in [0.2, 0.25) is 0 Å². The summed E-state index contributed by atoms with van der Waals surface area (Å²) >= 11 is 0. The molecule has 1 aromatic heterocycles. The molecule has 0 bridgehead atoms. The second-order valence-electron chi connectivity index (χ2n) is 5.72. The molecule has 0 saturated heterocycles. The Kier molecular flexibility index (Phi) is 5.58. The van der Waals surface area contributed by atoms with Crippen LogP contribution in [0.3, 0.4) is 0 Å². The van der Waals surface area contributed by atoms with Crippen molar-refractivity contribution in [2.45, 2.75) is 39.7 Å². The monoisotopic (exact) mass is 301 g/mol. The Hall–Kier alpha value is -2.30.